The fourth-order valence-corrected chi connectivity index (χ4v) is 9.53. The predicted octanol–water partition coefficient (Wildman–Crippen LogP) is 14.3. The molecule has 0 atom stereocenters. The molecule has 0 saturated carbocycles. The van der Waals surface area contributed by atoms with Crippen LogP contribution in [0.25, 0.3) is 55.3 Å². The molecule has 258 valence electrons. The third-order valence-corrected chi connectivity index (χ3v) is 12.0. The molecular formula is C54H37N. The van der Waals surface area contributed by atoms with Gasteiger partial charge >= 0.3 is 0 Å². The lowest BCUT2D eigenvalue weighted by molar-refractivity contribution is 0.794. The van der Waals surface area contributed by atoms with E-state index in [9.17, 15) is 0 Å². The van der Waals surface area contributed by atoms with Crippen LogP contribution in [0.15, 0.2) is 206 Å². The standard InChI is InChI=1S/C54H37N/c1-36-23-25-38(26-24-36)40-29-33-42(34-30-40)55(41-31-27-39(28-32-41)37-13-3-2-4-14-37)52-35-51-53(46-18-6-5-17-45(46)52)47-19-9-12-22-50(47)54(51)48-20-10-7-15-43(48)44-16-8-11-21-49(44)54/h2-35H,1H3. The van der Waals surface area contributed by atoms with E-state index in [4.69, 9.17) is 0 Å². The summed E-state index contributed by atoms with van der Waals surface area (Å²) in [6.07, 6.45) is 0. The minimum atomic E-state index is -0.448. The first-order chi connectivity index (χ1) is 27.2. The molecule has 0 bridgehead atoms. The van der Waals surface area contributed by atoms with Gasteiger partial charge in [0.2, 0.25) is 0 Å². The minimum absolute atomic E-state index is 0.448. The van der Waals surface area contributed by atoms with Gasteiger partial charge in [-0.2, -0.15) is 0 Å². The molecule has 0 heterocycles. The van der Waals surface area contributed by atoms with Gasteiger partial charge in [0.05, 0.1) is 11.1 Å². The number of rotatable bonds is 5. The Bertz CT molecular complexity index is 2860. The summed E-state index contributed by atoms with van der Waals surface area (Å²) in [4.78, 5) is 2.47. The Morgan fingerprint density at radius 1 is 0.345 bits per heavy atom. The van der Waals surface area contributed by atoms with E-state index < -0.39 is 5.41 Å². The smallest absolute Gasteiger partial charge is 0.0726 e. The first-order valence-electron chi connectivity index (χ1n) is 19.2. The molecule has 55 heavy (non-hydrogen) atoms. The molecule has 9 aromatic rings. The monoisotopic (exact) mass is 699 g/mol. The van der Waals surface area contributed by atoms with Gasteiger partial charge < -0.3 is 4.90 Å². The van der Waals surface area contributed by atoms with Crippen molar-refractivity contribution < 1.29 is 0 Å². The molecule has 0 aromatic heterocycles. The van der Waals surface area contributed by atoms with E-state index in [0.29, 0.717) is 0 Å². The molecule has 2 aliphatic rings. The zero-order valence-electron chi connectivity index (χ0n) is 30.6. The number of hydrogen-bond donors (Lipinski definition) is 0. The third kappa shape index (κ3) is 4.66. The summed E-state index contributed by atoms with van der Waals surface area (Å²) in [5.41, 5.74) is 19.7. The molecule has 0 N–H and O–H groups in total. The van der Waals surface area contributed by atoms with Crippen LogP contribution in [0, 0.1) is 6.92 Å². The Hall–Kier alpha value is -6.96. The van der Waals surface area contributed by atoms with E-state index in [2.05, 4.69) is 218 Å². The number of fused-ring (bicyclic) bond motifs is 12. The third-order valence-electron chi connectivity index (χ3n) is 12.0. The number of aryl methyl sites for hydroxylation is 1. The lowest BCUT2D eigenvalue weighted by atomic mass is 9.70. The molecule has 0 saturated heterocycles. The molecule has 11 rings (SSSR count). The Kier molecular flexibility index (Phi) is 7.06. The summed E-state index contributed by atoms with van der Waals surface area (Å²) in [5.74, 6) is 0. The predicted molar refractivity (Wildman–Crippen MR) is 231 cm³/mol. The minimum Gasteiger partial charge on any atom is -0.310 e. The fraction of sp³-hybridized carbons (Fsp3) is 0.0370. The number of hydrogen-bond acceptors (Lipinski definition) is 1. The van der Waals surface area contributed by atoms with Crippen LogP contribution in [-0.4, -0.2) is 0 Å². The van der Waals surface area contributed by atoms with Crippen LogP contribution < -0.4 is 4.90 Å². The number of nitrogens with zero attached hydrogens (tertiary/aromatic N) is 1. The van der Waals surface area contributed by atoms with Gasteiger partial charge in [-0.1, -0.05) is 181 Å². The van der Waals surface area contributed by atoms with Crippen molar-refractivity contribution in [1.82, 2.24) is 0 Å². The molecule has 9 aromatic carbocycles. The first-order valence-corrected chi connectivity index (χ1v) is 19.2. The van der Waals surface area contributed by atoms with Gasteiger partial charge in [0.25, 0.3) is 0 Å². The van der Waals surface area contributed by atoms with E-state index in [1.165, 1.54) is 88.8 Å². The Labute approximate surface area is 322 Å². The maximum atomic E-state index is 2.52. The summed E-state index contributed by atoms with van der Waals surface area (Å²) in [6, 6.07) is 76.4. The van der Waals surface area contributed by atoms with E-state index in [-0.39, 0.29) is 0 Å². The second-order valence-corrected chi connectivity index (χ2v) is 14.9. The van der Waals surface area contributed by atoms with Gasteiger partial charge in [-0.15, -0.1) is 0 Å². The molecule has 0 fully saturated rings. The van der Waals surface area contributed by atoms with E-state index >= 15 is 0 Å². The van der Waals surface area contributed by atoms with Crippen molar-refractivity contribution in [2.75, 3.05) is 4.90 Å². The molecule has 1 nitrogen and oxygen atoms in total. The van der Waals surface area contributed by atoms with Crippen LogP contribution >= 0.6 is 0 Å². The quantitative estimate of drug-likeness (QED) is 0.173. The molecule has 0 amide bonds. The van der Waals surface area contributed by atoms with Crippen LogP contribution in [0.5, 0.6) is 0 Å². The summed E-state index contributed by atoms with van der Waals surface area (Å²) < 4.78 is 0. The second kappa shape index (κ2) is 12.3. The molecule has 0 aliphatic heterocycles. The summed E-state index contributed by atoms with van der Waals surface area (Å²) >= 11 is 0. The fourth-order valence-electron chi connectivity index (χ4n) is 9.53. The van der Waals surface area contributed by atoms with Crippen LogP contribution in [0.2, 0.25) is 0 Å². The van der Waals surface area contributed by atoms with Gasteiger partial charge in [-0.05, 0) is 109 Å². The molecule has 1 spiro atoms. The molecular weight excluding hydrogens is 663 g/mol. The van der Waals surface area contributed by atoms with Gasteiger partial charge in [-0.25, -0.2) is 0 Å². The lowest BCUT2D eigenvalue weighted by Crippen LogP contribution is -2.26. The van der Waals surface area contributed by atoms with Crippen molar-refractivity contribution in [2.24, 2.45) is 0 Å². The Morgan fingerprint density at radius 2 is 0.764 bits per heavy atom. The van der Waals surface area contributed by atoms with Crippen LogP contribution in [-0.2, 0) is 5.41 Å². The lowest BCUT2D eigenvalue weighted by Gasteiger charge is -2.33. The van der Waals surface area contributed by atoms with Gasteiger partial charge in [0, 0.05) is 16.8 Å². The zero-order valence-corrected chi connectivity index (χ0v) is 30.6. The largest absolute Gasteiger partial charge is 0.310 e. The Balaban J connectivity index is 1.19. The highest BCUT2D eigenvalue weighted by Crippen LogP contribution is 2.64. The van der Waals surface area contributed by atoms with Gasteiger partial charge in [-0.3, -0.25) is 0 Å². The SMILES string of the molecule is Cc1ccc(-c2ccc(N(c3ccc(-c4ccccc4)cc3)c3cc4c(c5ccccc35)-c3ccccc3C43c4ccccc4-c4ccccc43)cc2)cc1. The van der Waals surface area contributed by atoms with Crippen LogP contribution in [0.3, 0.4) is 0 Å². The molecule has 0 radical (unpaired) electrons. The highest BCUT2D eigenvalue weighted by atomic mass is 15.1. The van der Waals surface area contributed by atoms with E-state index in [1.807, 2.05) is 0 Å². The number of benzene rings is 9. The average molecular weight is 700 g/mol. The average Bonchev–Trinajstić information content (AvgIpc) is 3.72. The van der Waals surface area contributed by atoms with Crippen molar-refractivity contribution in [3.05, 3.63) is 234 Å². The molecule has 0 unspecified atom stereocenters. The normalized spacial score (nSPS) is 13.0. The van der Waals surface area contributed by atoms with E-state index in [1.54, 1.807) is 0 Å². The van der Waals surface area contributed by atoms with Crippen LogP contribution in [0.1, 0.15) is 27.8 Å². The topological polar surface area (TPSA) is 3.24 Å². The second-order valence-electron chi connectivity index (χ2n) is 14.9. The van der Waals surface area contributed by atoms with Crippen LogP contribution in [0.4, 0.5) is 17.1 Å². The summed E-state index contributed by atoms with van der Waals surface area (Å²) in [5, 5.41) is 2.49. The Morgan fingerprint density at radius 3 is 1.33 bits per heavy atom. The molecule has 1 heteroatoms. The van der Waals surface area contributed by atoms with Crippen molar-refractivity contribution in [2.45, 2.75) is 12.3 Å². The highest BCUT2D eigenvalue weighted by Gasteiger charge is 2.52. The van der Waals surface area contributed by atoms with Gasteiger partial charge in [0.15, 0.2) is 0 Å². The van der Waals surface area contributed by atoms with Crippen molar-refractivity contribution >= 4 is 27.8 Å². The summed E-state index contributed by atoms with van der Waals surface area (Å²) in [6.45, 7) is 2.14. The maximum absolute atomic E-state index is 2.52. The highest BCUT2D eigenvalue weighted by molar-refractivity contribution is 6.12. The zero-order chi connectivity index (χ0) is 36.5. The number of anilines is 3. The van der Waals surface area contributed by atoms with Crippen molar-refractivity contribution in [3.63, 3.8) is 0 Å². The van der Waals surface area contributed by atoms with Gasteiger partial charge in [0.1, 0.15) is 0 Å². The van der Waals surface area contributed by atoms with Crippen molar-refractivity contribution in [3.8, 4) is 44.5 Å². The first kappa shape index (κ1) is 31.6. The molecule has 2 aliphatic carbocycles. The van der Waals surface area contributed by atoms with Crippen molar-refractivity contribution in [1.29, 1.82) is 0 Å². The van der Waals surface area contributed by atoms with E-state index in [0.717, 1.165) is 11.4 Å². The summed E-state index contributed by atoms with van der Waals surface area (Å²) in [7, 11) is 0. The maximum Gasteiger partial charge on any atom is 0.0726 e.